The van der Waals surface area contributed by atoms with E-state index in [1.165, 1.54) is 50.2 Å². The van der Waals surface area contributed by atoms with Gasteiger partial charge in [0.15, 0.2) is 0 Å². The lowest BCUT2D eigenvalue weighted by Crippen LogP contribution is -2.33. The Bertz CT molecular complexity index is 1310. The van der Waals surface area contributed by atoms with Crippen molar-refractivity contribution in [3.05, 3.63) is 95.6 Å². The zero-order chi connectivity index (χ0) is 21.3. The van der Waals surface area contributed by atoms with Gasteiger partial charge in [0.2, 0.25) is 0 Å². The van der Waals surface area contributed by atoms with Crippen LogP contribution in [-0.4, -0.2) is 6.67 Å². The van der Waals surface area contributed by atoms with Crippen molar-refractivity contribution in [1.29, 1.82) is 0 Å². The van der Waals surface area contributed by atoms with E-state index in [1.807, 2.05) is 0 Å². The number of anilines is 4. The van der Waals surface area contributed by atoms with Gasteiger partial charge in [-0.3, -0.25) is 0 Å². The van der Waals surface area contributed by atoms with Gasteiger partial charge in [-0.2, -0.15) is 0 Å². The van der Waals surface area contributed by atoms with Crippen LogP contribution < -0.4 is 9.80 Å². The maximum atomic E-state index is 2.52. The quantitative estimate of drug-likeness (QED) is 0.336. The first-order valence-corrected chi connectivity index (χ1v) is 11.3. The van der Waals surface area contributed by atoms with Crippen LogP contribution in [0.15, 0.2) is 78.9 Å². The Hall–Kier alpha value is -3.26. The second kappa shape index (κ2) is 6.37. The number of fused-ring (bicyclic) bond motifs is 4. The zero-order valence-corrected chi connectivity index (χ0v) is 18.7. The molecule has 154 valence electrons. The monoisotopic (exact) mass is 404 g/mol. The smallest absolute Gasteiger partial charge is 0.100 e. The molecule has 2 heterocycles. The van der Waals surface area contributed by atoms with E-state index in [2.05, 4.69) is 116 Å². The molecule has 6 rings (SSSR count). The molecule has 0 radical (unpaired) electrons. The van der Waals surface area contributed by atoms with Gasteiger partial charge in [0, 0.05) is 16.8 Å². The van der Waals surface area contributed by atoms with Crippen LogP contribution in [0.25, 0.3) is 10.8 Å². The largest absolute Gasteiger partial charge is 0.321 e. The highest BCUT2D eigenvalue weighted by atomic mass is 15.4. The van der Waals surface area contributed by atoms with Gasteiger partial charge in [0.25, 0.3) is 0 Å². The van der Waals surface area contributed by atoms with Gasteiger partial charge in [-0.1, -0.05) is 82.3 Å². The second-order valence-corrected chi connectivity index (χ2v) is 9.72. The number of hydrogen-bond donors (Lipinski definition) is 0. The maximum absolute atomic E-state index is 2.52. The number of hydrogen-bond acceptors (Lipinski definition) is 2. The van der Waals surface area contributed by atoms with E-state index in [0.29, 0.717) is 5.92 Å². The third-order valence-corrected chi connectivity index (χ3v) is 7.23. The van der Waals surface area contributed by atoms with Crippen molar-refractivity contribution in [3.8, 4) is 0 Å². The summed E-state index contributed by atoms with van der Waals surface area (Å²) in [6.45, 7) is 10.1. The molecule has 0 saturated heterocycles. The van der Waals surface area contributed by atoms with E-state index in [1.54, 1.807) is 0 Å². The van der Waals surface area contributed by atoms with Crippen LogP contribution in [0.4, 0.5) is 22.7 Å². The second-order valence-electron chi connectivity index (χ2n) is 9.72. The van der Waals surface area contributed by atoms with E-state index in [9.17, 15) is 0 Å². The van der Waals surface area contributed by atoms with Crippen molar-refractivity contribution in [2.75, 3.05) is 16.5 Å². The molecule has 0 N–H and O–H groups in total. The van der Waals surface area contributed by atoms with E-state index in [4.69, 9.17) is 0 Å². The van der Waals surface area contributed by atoms with Crippen LogP contribution in [0.3, 0.4) is 0 Å². The van der Waals surface area contributed by atoms with Crippen molar-refractivity contribution >= 4 is 33.5 Å². The van der Waals surface area contributed by atoms with Gasteiger partial charge in [-0.15, -0.1) is 0 Å². The molecule has 0 saturated carbocycles. The van der Waals surface area contributed by atoms with E-state index < -0.39 is 0 Å². The Morgan fingerprint density at radius 2 is 1.52 bits per heavy atom. The van der Waals surface area contributed by atoms with Gasteiger partial charge in [-0.25, -0.2) is 0 Å². The molecular formula is C29H28N2. The summed E-state index contributed by atoms with van der Waals surface area (Å²) >= 11 is 0. The van der Waals surface area contributed by atoms with Gasteiger partial charge >= 0.3 is 0 Å². The summed E-state index contributed by atoms with van der Waals surface area (Å²) in [7, 11) is 0. The van der Waals surface area contributed by atoms with Gasteiger partial charge < -0.3 is 9.80 Å². The summed E-state index contributed by atoms with van der Waals surface area (Å²) in [4.78, 5) is 4.98. The predicted octanol–water partition coefficient (Wildman–Crippen LogP) is 7.85. The average molecular weight is 405 g/mol. The van der Waals surface area contributed by atoms with E-state index >= 15 is 0 Å². The minimum absolute atomic E-state index is 0.0600. The fourth-order valence-corrected chi connectivity index (χ4v) is 5.56. The molecule has 0 amide bonds. The Morgan fingerprint density at radius 3 is 2.29 bits per heavy atom. The molecule has 2 aliphatic heterocycles. The molecule has 0 unspecified atom stereocenters. The fraction of sp³-hybridized carbons (Fsp3) is 0.241. The Labute approximate surface area is 184 Å². The third-order valence-electron chi connectivity index (χ3n) is 7.23. The predicted molar refractivity (Wildman–Crippen MR) is 132 cm³/mol. The normalized spacial score (nSPS) is 16.0. The first-order valence-electron chi connectivity index (χ1n) is 11.3. The first-order chi connectivity index (χ1) is 15.0. The van der Waals surface area contributed by atoms with Crippen molar-refractivity contribution < 1.29 is 0 Å². The summed E-state index contributed by atoms with van der Waals surface area (Å²) in [6.07, 6.45) is 0. The summed E-state index contributed by atoms with van der Waals surface area (Å²) in [5.41, 5.74) is 9.44. The number of para-hydroxylation sites is 1. The molecule has 0 fully saturated rings. The number of benzene rings is 4. The van der Waals surface area contributed by atoms with Crippen molar-refractivity contribution in [2.24, 2.45) is 0 Å². The minimum atomic E-state index is -0.0600. The van der Waals surface area contributed by atoms with Crippen LogP contribution >= 0.6 is 0 Å². The number of rotatable bonds is 2. The molecule has 2 aliphatic rings. The molecule has 0 atom stereocenters. The maximum Gasteiger partial charge on any atom is 0.100 e. The van der Waals surface area contributed by atoms with E-state index in [0.717, 1.165) is 6.67 Å². The summed E-state index contributed by atoms with van der Waals surface area (Å²) in [5.74, 6) is 0.547. The lowest BCUT2D eigenvalue weighted by molar-refractivity contribution is 0.635. The van der Waals surface area contributed by atoms with Crippen LogP contribution in [0.1, 0.15) is 50.3 Å². The fourth-order valence-electron chi connectivity index (χ4n) is 5.56. The van der Waals surface area contributed by atoms with Gasteiger partial charge in [0.1, 0.15) is 6.67 Å². The van der Waals surface area contributed by atoms with Crippen molar-refractivity contribution in [2.45, 2.75) is 39.0 Å². The molecular weight excluding hydrogens is 376 g/mol. The average Bonchev–Trinajstić information content (AvgIpc) is 3.17. The third kappa shape index (κ3) is 2.51. The molecule has 0 aliphatic carbocycles. The molecule has 2 heteroatoms. The zero-order valence-electron chi connectivity index (χ0n) is 18.7. The van der Waals surface area contributed by atoms with Crippen molar-refractivity contribution in [3.63, 3.8) is 0 Å². The summed E-state index contributed by atoms with van der Waals surface area (Å²) in [5, 5.41) is 2.68. The van der Waals surface area contributed by atoms with Crippen LogP contribution in [0.2, 0.25) is 0 Å². The Kier molecular flexibility index (Phi) is 3.80. The number of nitrogens with zero attached hydrogens (tertiary/aromatic N) is 2. The van der Waals surface area contributed by atoms with Gasteiger partial charge in [0.05, 0.1) is 11.4 Å². The molecule has 31 heavy (non-hydrogen) atoms. The molecule has 0 aromatic heterocycles. The van der Waals surface area contributed by atoms with E-state index in [-0.39, 0.29) is 5.41 Å². The van der Waals surface area contributed by atoms with Crippen LogP contribution in [-0.2, 0) is 5.41 Å². The highest BCUT2D eigenvalue weighted by molar-refractivity contribution is 6.00. The standard InChI is InChI=1S/C29H28N2/c1-19(2)20-12-15-22(16-13-20)30-18-31-25-17-14-21-8-5-6-9-23(21)27(25)29(3,4)24-10-7-11-26(30)28(24)31/h5-17,19H,18H2,1-4H3. The molecule has 0 spiro atoms. The molecule has 0 bridgehead atoms. The van der Waals surface area contributed by atoms with Crippen LogP contribution in [0, 0.1) is 0 Å². The topological polar surface area (TPSA) is 6.48 Å². The van der Waals surface area contributed by atoms with Gasteiger partial charge in [-0.05, 0) is 57.6 Å². The minimum Gasteiger partial charge on any atom is -0.321 e. The first kappa shape index (κ1) is 18.5. The van der Waals surface area contributed by atoms with Crippen LogP contribution in [0.5, 0.6) is 0 Å². The molecule has 4 aromatic carbocycles. The highest BCUT2D eigenvalue weighted by Gasteiger charge is 2.42. The Morgan fingerprint density at radius 1 is 0.742 bits per heavy atom. The lowest BCUT2D eigenvalue weighted by Gasteiger charge is -2.40. The lowest BCUT2D eigenvalue weighted by atomic mass is 9.72. The highest BCUT2D eigenvalue weighted by Crippen LogP contribution is 2.57. The SMILES string of the molecule is CC(C)c1ccc(N2CN3c4ccc5ccccc5c4C(C)(C)c4cccc2c43)cc1. The van der Waals surface area contributed by atoms with Crippen molar-refractivity contribution in [1.82, 2.24) is 0 Å². The molecule has 2 nitrogen and oxygen atoms in total. The summed E-state index contributed by atoms with van der Waals surface area (Å²) in [6, 6.07) is 29.3. The summed E-state index contributed by atoms with van der Waals surface area (Å²) < 4.78 is 0. The molecule has 4 aromatic rings. The Balaban J connectivity index is 1.56.